The third-order valence-corrected chi connectivity index (χ3v) is 2.57. The van der Waals surface area contributed by atoms with Crippen molar-refractivity contribution in [2.24, 2.45) is 11.7 Å². The van der Waals surface area contributed by atoms with Crippen LogP contribution in [0.4, 0.5) is 0 Å². The number of methoxy groups -OCH3 is 2. The molecule has 0 saturated heterocycles. The molecule has 0 saturated carbocycles. The summed E-state index contributed by atoms with van der Waals surface area (Å²) in [7, 11) is 3.29. The highest BCUT2D eigenvalue weighted by Gasteiger charge is 2.14. The maximum Gasteiger partial charge on any atom is 0.127 e. The second-order valence-corrected chi connectivity index (χ2v) is 4.34. The molecular weight excluding hydrogens is 202 g/mol. The first-order valence-electron chi connectivity index (χ1n) is 5.56. The van der Waals surface area contributed by atoms with Crippen LogP contribution in [0.3, 0.4) is 0 Å². The minimum absolute atomic E-state index is 0.0147. The van der Waals surface area contributed by atoms with Gasteiger partial charge in [-0.2, -0.15) is 0 Å². The van der Waals surface area contributed by atoms with Crippen molar-refractivity contribution >= 4 is 0 Å². The van der Waals surface area contributed by atoms with Crippen LogP contribution in [-0.2, 0) is 0 Å². The number of rotatable bonds is 5. The average Bonchev–Trinajstić information content (AvgIpc) is 2.27. The first-order valence-corrected chi connectivity index (χ1v) is 5.56. The maximum absolute atomic E-state index is 6.14. The number of benzene rings is 1. The Morgan fingerprint density at radius 2 is 1.88 bits per heavy atom. The fraction of sp³-hybridized carbons (Fsp3) is 0.538. The Morgan fingerprint density at radius 1 is 1.19 bits per heavy atom. The van der Waals surface area contributed by atoms with Crippen LogP contribution in [0.5, 0.6) is 11.5 Å². The first kappa shape index (κ1) is 12.8. The molecule has 0 unspecified atom stereocenters. The summed E-state index contributed by atoms with van der Waals surface area (Å²) in [6.45, 7) is 4.33. The Bertz CT molecular complexity index is 337. The maximum atomic E-state index is 6.14. The molecular formula is C13H21NO2. The van der Waals surface area contributed by atoms with E-state index in [1.807, 2.05) is 18.2 Å². The van der Waals surface area contributed by atoms with Crippen LogP contribution in [0.1, 0.15) is 31.9 Å². The summed E-state index contributed by atoms with van der Waals surface area (Å²) in [4.78, 5) is 0. The molecule has 0 aliphatic heterocycles. The van der Waals surface area contributed by atoms with E-state index < -0.39 is 0 Å². The molecule has 1 atom stereocenters. The van der Waals surface area contributed by atoms with Gasteiger partial charge in [0, 0.05) is 17.7 Å². The second-order valence-electron chi connectivity index (χ2n) is 4.34. The van der Waals surface area contributed by atoms with E-state index in [-0.39, 0.29) is 6.04 Å². The van der Waals surface area contributed by atoms with Crippen molar-refractivity contribution in [2.45, 2.75) is 26.3 Å². The minimum atomic E-state index is 0.0147. The van der Waals surface area contributed by atoms with Crippen LogP contribution in [0.25, 0.3) is 0 Å². The Kier molecular flexibility index (Phi) is 4.62. The summed E-state index contributed by atoms with van der Waals surface area (Å²) in [6, 6.07) is 5.78. The van der Waals surface area contributed by atoms with Crippen LogP contribution in [-0.4, -0.2) is 14.2 Å². The summed E-state index contributed by atoms with van der Waals surface area (Å²) < 4.78 is 10.5. The molecule has 2 N–H and O–H groups in total. The van der Waals surface area contributed by atoms with E-state index in [0.29, 0.717) is 5.92 Å². The van der Waals surface area contributed by atoms with Crippen LogP contribution in [0.2, 0.25) is 0 Å². The van der Waals surface area contributed by atoms with Gasteiger partial charge in [0.25, 0.3) is 0 Å². The monoisotopic (exact) mass is 223 g/mol. The molecule has 0 fully saturated rings. The van der Waals surface area contributed by atoms with E-state index >= 15 is 0 Å². The molecule has 0 heterocycles. The van der Waals surface area contributed by atoms with Gasteiger partial charge in [-0.25, -0.2) is 0 Å². The zero-order valence-electron chi connectivity index (χ0n) is 10.5. The highest BCUT2D eigenvalue weighted by Crippen LogP contribution is 2.31. The molecule has 0 aliphatic rings. The highest BCUT2D eigenvalue weighted by atomic mass is 16.5. The molecule has 0 radical (unpaired) electrons. The van der Waals surface area contributed by atoms with Gasteiger partial charge in [0.15, 0.2) is 0 Å². The predicted octanol–water partition coefficient (Wildman–Crippen LogP) is 2.75. The standard InChI is InChI=1S/C13H21NO2/c1-9(2)7-12(14)11-6-5-10(15-3)8-13(11)16-4/h5-6,8-9,12H,7,14H2,1-4H3/t12-/m1/s1. The molecule has 0 amide bonds. The van der Waals surface area contributed by atoms with Gasteiger partial charge in [-0.15, -0.1) is 0 Å². The van der Waals surface area contributed by atoms with Crippen molar-refractivity contribution in [3.8, 4) is 11.5 Å². The third kappa shape index (κ3) is 3.14. The predicted molar refractivity (Wildman–Crippen MR) is 65.9 cm³/mol. The van der Waals surface area contributed by atoms with E-state index in [1.165, 1.54) is 0 Å². The molecule has 1 aromatic carbocycles. The number of nitrogens with two attached hydrogens (primary N) is 1. The van der Waals surface area contributed by atoms with Crippen molar-refractivity contribution < 1.29 is 9.47 Å². The summed E-state index contributed by atoms with van der Waals surface area (Å²) in [6.07, 6.45) is 0.947. The van der Waals surface area contributed by atoms with Gasteiger partial charge in [-0.3, -0.25) is 0 Å². The second kappa shape index (κ2) is 5.75. The topological polar surface area (TPSA) is 44.5 Å². The molecule has 3 nitrogen and oxygen atoms in total. The van der Waals surface area contributed by atoms with Gasteiger partial charge in [0.05, 0.1) is 14.2 Å². The van der Waals surface area contributed by atoms with Gasteiger partial charge in [0.2, 0.25) is 0 Å². The molecule has 1 rings (SSSR count). The van der Waals surface area contributed by atoms with E-state index in [2.05, 4.69) is 13.8 Å². The summed E-state index contributed by atoms with van der Waals surface area (Å²) in [5, 5.41) is 0. The first-order chi connectivity index (χ1) is 7.58. The highest BCUT2D eigenvalue weighted by molar-refractivity contribution is 5.42. The molecule has 0 spiro atoms. The van der Waals surface area contributed by atoms with E-state index in [0.717, 1.165) is 23.5 Å². The van der Waals surface area contributed by atoms with Crippen molar-refractivity contribution in [1.29, 1.82) is 0 Å². The van der Waals surface area contributed by atoms with E-state index in [9.17, 15) is 0 Å². The molecule has 0 bridgehead atoms. The van der Waals surface area contributed by atoms with Gasteiger partial charge >= 0.3 is 0 Å². The fourth-order valence-electron chi connectivity index (χ4n) is 1.76. The molecule has 1 aromatic rings. The molecule has 0 aromatic heterocycles. The Morgan fingerprint density at radius 3 is 2.38 bits per heavy atom. The lowest BCUT2D eigenvalue weighted by Crippen LogP contribution is -2.14. The van der Waals surface area contributed by atoms with Crippen LogP contribution >= 0.6 is 0 Å². The quantitative estimate of drug-likeness (QED) is 0.834. The molecule has 0 aliphatic carbocycles. The summed E-state index contributed by atoms with van der Waals surface area (Å²) in [5.74, 6) is 2.16. The zero-order chi connectivity index (χ0) is 12.1. The van der Waals surface area contributed by atoms with Crippen LogP contribution in [0.15, 0.2) is 18.2 Å². The van der Waals surface area contributed by atoms with Gasteiger partial charge < -0.3 is 15.2 Å². The van der Waals surface area contributed by atoms with Crippen molar-refractivity contribution in [1.82, 2.24) is 0 Å². The van der Waals surface area contributed by atoms with Crippen molar-refractivity contribution in [2.75, 3.05) is 14.2 Å². The number of hydrogen-bond acceptors (Lipinski definition) is 3. The lowest BCUT2D eigenvalue weighted by atomic mass is 9.97. The fourth-order valence-corrected chi connectivity index (χ4v) is 1.76. The number of ether oxygens (including phenoxy) is 2. The van der Waals surface area contributed by atoms with Gasteiger partial charge in [0.1, 0.15) is 11.5 Å². The average molecular weight is 223 g/mol. The van der Waals surface area contributed by atoms with E-state index in [4.69, 9.17) is 15.2 Å². The van der Waals surface area contributed by atoms with Crippen molar-refractivity contribution in [3.05, 3.63) is 23.8 Å². The van der Waals surface area contributed by atoms with E-state index in [1.54, 1.807) is 14.2 Å². The lowest BCUT2D eigenvalue weighted by molar-refractivity contribution is 0.384. The smallest absolute Gasteiger partial charge is 0.127 e. The summed E-state index contributed by atoms with van der Waals surface area (Å²) >= 11 is 0. The number of hydrogen-bond donors (Lipinski definition) is 1. The van der Waals surface area contributed by atoms with Gasteiger partial charge in [-0.1, -0.05) is 19.9 Å². The third-order valence-electron chi connectivity index (χ3n) is 2.57. The van der Waals surface area contributed by atoms with Crippen LogP contribution in [0, 0.1) is 5.92 Å². The molecule has 16 heavy (non-hydrogen) atoms. The molecule has 3 heteroatoms. The van der Waals surface area contributed by atoms with Crippen LogP contribution < -0.4 is 15.2 Å². The summed E-state index contributed by atoms with van der Waals surface area (Å²) in [5.41, 5.74) is 7.18. The minimum Gasteiger partial charge on any atom is -0.497 e. The molecule has 90 valence electrons. The lowest BCUT2D eigenvalue weighted by Gasteiger charge is -2.18. The van der Waals surface area contributed by atoms with Gasteiger partial charge in [-0.05, 0) is 18.4 Å². The Balaban J connectivity index is 2.94. The zero-order valence-corrected chi connectivity index (χ0v) is 10.5. The van der Waals surface area contributed by atoms with Crippen molar-refractivity contribution in [3.63, 3.8) is 0 Å². The Hall–Kier alpha value is -1.22. The largest absolute Gasteiger partial charge is 0.497 e. The normalized spacial score (nSPS) is 12.6. The SMILES string of the molecule is COc1ccc([C@H](N)CC(C)C)c(OC)c1. The Labute approximate surface area is 97.6 Å².